The lowest BCUT2D eigenvalue weighted by Gasteiger charge is -2.32. The smallest absolute Gasteiger partial charge is 0.242 e. The number of benzene rings is 2. The van der Waals surface area contributed by atoms with Crippen LogP contribution in [0.3, 0.4) is 0 Å². The van der Waals surface area contributed by atoms with E-state index in [-0.39, 0.29) is 5.75 Å². The third-order valence-electron chi connectivity index (χ3n) is 5.90. The Hall–Kier alpha value is -1.93. The molecule has 4 rings (SSSR count). The lowest BCUT2D eigenvalue weighted by Crippen LogP contribution is -2.43. The maximum atomic E-state index is 12.5. The van der Waals surface area contributed by atoms with Gasteiger partial charge in [-0.1, -0.05) is 66.2 Å². The first kappa shape index (κ1) is 25.7. The summed E-state index contributed by atoms with van der Waals surface area (Å²) in [7, 11) is -1.29. The standard InChI is InChI=1S/C17H22BrN3O2S.C9H12/c1-3-10-24(22,23)21-13-14(12-20-8-6-19(2)7-9-20)16-11-15(18)4-5-17(16)21;1-8(2)9-6-4-3-5-7-9/h3-5,11,13H,1,6-10,12H2,2H3;3-8H,1-2H3. The Morgan fingerprint density at radius 1 is 1.06 bits per heavy atom. The molecular weight excluding hydrogens is 498 g/mol. The molecule has 1 aromatic heterocycles. The molecule has 33 heavy (non-hydrogen) atoms. The van der Waals surface area contributed by atoms with Crippen LogP contribution in [0.25, 0.3) is 10.9 Å². The fraction of sp³-hybridized carbons (Fsp3) is 0.385. The van der Waals surface area contributed by atoms with Crippen molar-refractivity contribution < 1.29 is 8.42 Å². The van der Waals surface area contributed by atoms with E-state index in [0.717, 1.165) is 53.7 Å². The second kappa shape index (κ2) is 11.5. The molecule has 0 atom stereocenters. The SMILES string of the molecule is C=CCS(=O)(=O)n1cc(CN2CCN(C)CC2)c2cc(Br)ccc21.CC(C)c1ccccc1. The largest absolute Gasteiger partial charge is 0.304 e. The van der Waals surface area contributed by atoms with Crippen LogP contribution in [-0.4, -0.2) is 61.2 Å². The number of likely N-dealkylation sites (N-methyl/N-ethyl adjacent to an activating group) is 1. The van der Waals surface area contributed by atoms with Gasteiger partial charge < -0.3 is 4.90 Å². The van der Waals surface area contributed by atoms with E-state index in [2.05, 4.69) is 77.5 Å². The summed E-state index contributed by atoms with van der Waals surface area (Å²) in [5, 5.41) is 0.982. The second-order valence-electron chi connectivity index (χ2n) is 8.82. The molecule has 1 aliphatic rings. The summed E-state index contributed by atoms with van der Waals surface area (Å²) in [6.07, 6.45) is 3.20. The van der Waals surface area contributed by atoms with Crippen LogP contribution in [-0.2, 0) is 16.6 Å². The monoisotopic (exact) mass is 531 g/mol. The van der Waals surface area contributed by atoms with Crippen LogP contribution >= 0.6 is 15.9 Å². The zero-order valence-electron chi connectivity index (χ0n) is 19.7. The zero-order chi connectivity index (χ0) is 24.0. The molecule has 2 heterocycles. The Kier molecular flexibility index (Phi) is 8.93. The lowest BCUT2D eigenvalue weighted by atomic mass is 10.0. The van der Waals surface area contributed by atoms with Gasteiger partial charge in [0.15, 0.2) is 0 Å². The maximum absolute atomic E-state index is 12.5. The molecule has 0 aliphatic carbocycles. The third kappa shape index (κ3) is 6.79. The molecule has 0 amide bonds. The van der Waals surface area contributed by atoms with Gasteiger partial charge in [0, 0.05) is 48.8 Å². The first-order valence-electron chi connectivity index (χ1n) is 11.3. The fourth-order valence-electron chi connectivity index (χ4n) is 3.91. The maximum Gasteiger partial charge on any atom is 0.242 e. The van der Waals surface area contributed by atoms with Crippen molar-refractivity contribution in [2.24, 2.45) is 0 Å². The van der Waals surface area contributed by atoms with Crippen LogP contribution < -0.4 is 0 Å². The highest BCUT2D eigenvalue weighted by molar-refractivity contribution is 9.10. The molecule has 0 bridgehead atoms. The highest BCUT2D eigenvalue weighted by Gasteiger charge is 2.21. The molecule has 3 aromatic rings. The van der Waals surface area contributed by atoms with Gasteiger partial charge in [-0.05, 0) is 42.3 Å². The quantitative estimate of drug-likeness (QED) is 0.403. The number of rotatable bonds is 6. The molecule has 178 valence electrons. The van der Waals surface area contributed by atoms with Gasteiger partial charge in [-0.15, -0.1) is 6.58 Å². The summed E-state index contributed by atoms with van der Waals surface area (Å²) in [5.41, 5.74) is 3.19. The van der Waals surface area contributed by atoms with E-state index in [9.17, 15) is 8.42 Å². The van der Waals surface area contributed by atoms with Crippen LogP contribution in [0.1, 0.15) is 30.9 Å². The van der Waals surface area contributed by atoms with Crippen LogP contribution in [0.15, 0.2) is 71.9 Å². The number of halogens is 1. The highest BCUT2D eigenvalue weighted by atomic mass is 79.9. The molecule has 2 aromatic carbocycles. The molecule has 0 radical (unpaired) electrons. The fourth-order valence-corrected chi connectivity index (χ4v) is 5.47. The van der Waals surface area contributed by atoms with Gasteiger partial charge >= 0.3 is 0 Å². The first-order valence-corrected chi connectivity index (χ1v) is 13.7. The summed E-state index contributed by atoms with van der Waals surface area (Å²) < 4.78 is 27.4. The number of aromatic nitrogens is 1. The lowest BCUT2D eigenvalue weighted by molar-refractivity contribution is 0.148. The van der Waals surface area contributed by atoms with Crippen LogP contribution in [0.5, 0.6) is 0 Å². The molecule has 5 nitrogen and oxygen atoms in total. The van der Waals surface area contributed by atoms with Crippen molar-refractivity contribution in [2.45, 2.75) is 26.3 Å². The van der Waals surface area contributed by atoms with E-state index in [1.165, 1.54) is 15.6 Å². The van der Waals surface area contributed by atoms with Crippen LogP contribution in [0.4, 0.5) is 0 Å². The van der Waals surface area contributed by atoms with Crippen molar-refractivity contribution in [1.29, 1.82) is 0 Å². The topological polar surface area (TPSA) is 45.6 Å². The number of piperazine rings is 1. The minimum atomic E-state index is -3.42. The molecule has 0 unspecified atom stereocenters. The molecule has 0 saturated carbocycles. The minimum absolute atomic E-state index is 0.0687. The van der Waals surface area contributed by atoms with E-state index in [4.69, 9.17) is 0 Å². The predicted molar refractivity (Wildman–Crippen MR) is 142 cm³/mol. The highest BCUT2D eigenvalue weighted by Crippen LogP contribution is 2.28. The Balaban J connectivity index is 0.000000286. The van der Waals surface area contributed by atoms with E-state index in [1.54, 1.807) is 6.20 Å². The van der Waals surface area contributed by atoms with E-state index >= 15 is 0 Å². The van der Waals surface area contributed by atoms with Gasteiger partial charge in [0.1, 0.15) is 0 Å². The molecular formula is C26H34BrN3O2S. The van der Waals surface area contributed by atoms with Gasteiger partial charge in [-0.25, -0.2) is 12.4 Å². The summed E-state index contributed by atoms with van der Waals surface area (Å²) in [4.78, 5) is 4.69. The van der Waals surface area contributed by atoms with Crippen LogP contribution in [0, 0.1) is 0 Å². The van der Waals surface area contributed by atoms with Gasteiger partial charge in [-0.2, -0.15) is 0 Å². The average Bonchev–Trinajstić information content (AvgIpc) is 3.15. The first-order chi connectivity index (χ1) is 15.7. The van der Waals surface area contributed by atoms with Crippen molar-refractivity contribution in [1.82, 2.24) is 13.8 Å². The van der Waals surface area contributed by atoms with Crippen molar-refractivity contribution in [2.75, 3.05) is 39.0 Å². The molecule has 0 N–H and O–H groups in total. The summed E-state index contributed by atoms with van der Waals surface area (Å²) in [5.74, 6) is 0.590. The molecule has 0 spiro atoms. The average molecular weight is 533 g/mol. The molecule has 1 aliphatic heterocycles. The van der Waals surface area contributed by atoms with E-state index < -0.39 is 10.0 Å². The Morgan fingerprint density at radius 2 is 1.73 bits per heavy atom. The third-order valence-corrected chi connectivity index (χ3v) is 7.95. The molecule has 1 saturated heterocycles. The number of fused-ring (bicyclic) bond motifs is 1. The number of hydrogen-bond donors (Lipinski definition) is 0. The van der Waals surface area contributed by atoms with E-state index in [1.807, 2.05) is 24.3 Å². The van der Waals surface area contributed by atoms with Crippen LogP contribution in [0.2, 0.25) is 0 Å². The Labute approximate surface area is 206 Å². The Bertz CT molecular complexity index is 1160. The Morgan fingerprint density at radius 3 is 2.30 bits per heavy atom. The van der Waals surface area contributed by atoms with Gasteiger partial charge in [0.05, 0.1) is 11.3 Å². The number of nitrogens with zero attached hydrogens (tertiary/aromatic N) is 3. The van der Waals surface area contributed by atoms with Gasteiger partial charge in [0.25, 0.3) is 0 Å². The predicted octanol–water partition coefficient (Wildman–Crippen LogP) is 5.33. The summed E-state index contributed by atoms with van der Waals surface area (Å²) in [6, 6.07) is 16.3. The van der Waals surface area contributed by atoms with E-state index in [0.29, 0.717) is 5.92 Å². The van der Waals surface area contributed by atoms with Crippen molar-refractivity contribution in [3.63, 3.8) is 0 Å². The number of hydrogen-bond acceptors (Lipinski definition) is 4. The normalized spacial score (nSPS) is 15.4. The van der Waals surface area contributed by atoms with Crippen molar-refractivity contribution >= 4 is 36.9 Å². The van der Waals surface area contributed by atoms with Gasteiger partial charge in [-0.3, -0.25) is 4.90 Å². The summed E-state index contributed by atoms with van der Waals surface area (Å²) >= 11 is 3.49. The van der Waals surface area contributed by atoms with Crippen molar-refractivity contribution in [3.05, 3.63) is 83.0 Å². The van der Waals surface area contributed by atoms with Crippen molar-refractivity contribution in [3.8, 4) is 0 Å². The molecule has 7 heteroatoms. The summed E-state index contributed by atoms with van der Waals surface area (Å²) in [6.45, 7) is 12.8. The zero-order valence-corrected chi connectivity index (χ0v) is 22.1. The van der Waals surface area contributed by atoms with Gasteiger partial charge in [0.2, 0.25) is 10.0 Å². The second-order valence-corrected chi connectivity index (χ2v) is 11.6. The molecule has 1 fully saturated rings. The minimum Gasteiger partial charge on any atom is -0.304 e.